The highest BCUT2D eigenvalue weighted by atomic mass is 32.1. The van der Waals surface area contributed by atoms with Gasteiger partial charge in [-0.2, -0.15) is 0 Å². The van der Waals surface area contributed by atoms with E-state index in [-0.39, 0.29) is 11.9 Å². The molecular formula is C19H24N2O3S. The van der Waals surface area contributed by atoms with Gasteiger partial charge in [0.2, 0.25) is 5.91 Å². The molecule has 0 spiro atoms. The number of carbonyl (C=O) groups is 1. The Balaban J connectivity index is 1.57. The van der Waals surface area contributed by atoms with Crippen molar-refractivity contribution in [1.29, 1.82) is 0 Å². The summed E-state index contributed by atoms with van der Waals surface area (Å²) in [7, 11) is 3.22. The standard InChI is InChI=1S/C19H24N2O3S/c1-13(21-8-6-18-15(12-21)7-9-25-18)19(22)20-11-14-4-5-16(23-2)17(10-14)24-3/h4-5,7,9-10,13H,6,8,11-12H2,1-3H3,(H,20,22)/t13-/m1/s1. The minimum Gasteiger partial charge on any atom is -0.493 e. The van der Waals surface area contributed by atoms with Crippen LogP contribution in [0.25, 0.3) is 0 Å². The molecule has 3 rings (SSSR count). The number of rotatable bonds is 6. The molecule has 0 bridgehead atoms. The molecule has 1 aliphatic heterocycles. The largest absolute Gasteiger partial charge is 0.493 e. The number of thiophene rings is 1. The normalized spacial score (nSPS) is 15.3. The fourth-order valence-electron chi connectivity index (χ4n) is 3.09. The van der Waals surface area contributed by atoms with E-state index >= 15 is 0 Å². The number of hydrogen-bond acceptors (Lipinski definition) is 5. The summed E-state index contributed by atoms with van der Waals surface area (Å²) in [5, 5.41) is 5.16. The third-order valence-corrected chi connectivity index (χ3v) is 5.70. The van der Waals surface area contributed by atoms with Gasteiger partial charge in [-0.25, -0.2) is 0 Å². The molecule has 5 nitrogen and oxygen atoms in total. The smallest absolute Gasteiger partial charge is 0.237 e. The highest BCUT2D eigenvalue weighted by molar-refractivity contribution is 7.10. The van der Waals surface area contributed by atoms with Crippen LogP contribution >= 0.6 is 11.3 Å². The topological polar surface area (TPSA) is 50.8 Å². The molecule has 1 N–H and O–H groups in total. The summed E-state index contributed by atoms with van der Waals surface area (Å²) in [6.07, 6.45) is 1.03. The van der Waals surface area contributed by atoms with E-state index in [0.717, 1.165) is 25.1 Å². The number of amides is 1. The van der Waals surface area contributed by atoms with Gasteiger partial charge in [-0.1, -0.05) is 6.07 Å². The van der Waals surface area contributed by atoms with Crippen LogP contribution in [-0.4, -0.2) is 37.6 Å². The molecule has 1 amide bonds. The van der Waals surface area contributed by atoms with Crippen molar-refractivity contribution in [2.45, 2.75) is 32.5 Å². The van der Waals surface area contributed by atoms with Crippen LogP contribution in [0.15, 0.2) is 29.6 Å². The second kappa shape index (κ2) is 7.89. The van der Waals surface area contributed by atoms with Gasteiger partial charge in [-0.15, -0.1) is 11.3 Å². The van der Waals surface area contributed by atoms with Gasteiger partial charge in [0.25, 0.3) is 0 Å². The molecule has 6 heteroatoms. The maximum atomic E-state index is 12.5. The lowest BCUT2D eigenvalue weighted by Gasteiger charge is -2.31. The van der Waals surface area contributed by atoms with E-state index in [9.17, 15) is 4.79 Å². The Morgan fingerprint density at radius 2 is 2.08 bits per heavy atom. The minimum atomic E-state index is -0.145. The summed E-state index contributed by atoms with van der Waals surface area (Å²) in [5.41, 5.74) is 2.34. The van der Waals surface area contributed by atoms with Gasteiger partial charge in [0.1, 0.15) is 0 Å². The van der Waals surface area contributed by atoms with Crippen molar-refractivity contribution in [1.82, 2.24) is 10.2 Å². The zero-order valence-electron chi connectivity index (χ0n) is 14.9. The number of benzene rings is 1. The van der Waals surface area contributed by atoms with Crippen LogP contribution < -0.4 is 14.8 Å². The lowest BCUT2D eigenvalue weighted by molar-refractivity contribution is -0.126. The maximum Gasteiger partial charge on any atom is 0.237 e. The number of nitrogens with one attached hydrogen (secondary N) is 1. The van der Waals surface area contributed by atoms with Crippen LogP contribution in [0.4, 0.5) is 0 Å². The number of fused-ring (bicyclic) bond motifs is 1. The first-order valence-corrected chi connectivity index (χ1v) is 9.28. The van der Waals surface area contributed by atoms with Gasteiger partial charge in [-0.05, 0) is 48.1 Å². The Morgan fingerprint density at radius 3 is 2.84 bits per heavy atom. The van der Waals surface area contributed by atoms with Crippen LogP contribution in [0.2, 0.25) is 0 Å². The highest BCUT2D eigenvalue weighted by Gasteiger charge is 2.25. The fourth-order valence-corrected chi connectivity index (χ4v) is 3.98. The van der Waals surface area contributed by atoms with E-state index in [1.807, 2.05) is 36.5 Å². The van der Waals surface area contributed by atoms with Crippen molar-refractivity contribution >= 4 is 17.2 Å². The average Bonchev–Trinajstić information content (AvgIpc) is 3.12. The Hall–Kier alpha value is -2.05. The third kappa shape index (κ3) is 3.96. The second-order valence-electron chi connectivity index (χ2n) is 6.17. The zero-order valence-corrected chi connectivity index (χ0v) is 15.7. The summed E-state index contributed by atoms with van der Waals surface area (Å²) >= 11 is 1.81. The van der Waals surface area contributed by atoms with Crippen LogP contribution in [-0.2, 0) is 24.3 Å². The monoisotopic (exact) mass is 360 g/mol. The van der Waals surface area contributed by atoms with Crippen molar-refractivity contribution in [3.05, 3.63) is 45.6 Å². The molecule has 25 heavy (non-hydrogen) atoms. The van der Waals surface area contributed by atoms with E-state index in [2.05, 4.69) is 21.7 Å². The predicted octanol–water partition coefficient (Wildman–Crippen LogP) is 2.83. The Labute approximate surface area is 152 Å². The quantitative estimate of drug-likeness (QED) is 0.861. The lowest BCUT2D eigenvalue weighted by Crippen LogP contribution is -2.46. The molecule has 2 heterocycles. The van der Waals surface area contributed by atoms with E-state index in [1.54, 1.807) is 14.2 Å². The van der Waals surface area contributed by atoms with E-state index in [1.165, 1.54) is 10.4 Å². The SMILES string of the molecule is COc1ccc(CNC(=O)[C@@H](C)N2CCc3sccc3C2)cc1OC. The van der Waals surface area contributed by atoms with Gasteiger partial charge >= 0.3 is 0 Å². The second-order valence-corrected chi connectivity index (χ2v) is 7.17. The number of methoxy groups -OCH3 is 2. The molecule has 0 unspecified atom stereocenters. The number of hydrogen-bond donors (Lipinski definition) is 1. The van der Waals surface area contributed by atoms with E-state index in [4.69, 9.17) is 9.47 Å². The van der Waals surface area contributed by atoms with Crippen LogP contribution in [0.5, 0.6) is 11.5 Å². The first kappa shape index (κ1) is 17.8. The highest BCUT2D eigenvalue weighted by Crippen LogP contribution is 2.28. The van der Waals surface area contributed by atoms with Gasteiger partial charge in [0.05, 0.1) is 20.3 Å². The number of carbonyl (C=O) groups excluding carboxylic acids is 1. The first-order valence-electron chi connectivity index (χ1n) is 8.40. The van der Waals surface area contributed by atoms with Gasteiger partial charge < -0.3 is 14.8 Å². The van der Waals surface area contributed by atoms with Crippen molar-refractivity contribution in [2.24, 2.45) is 0 Å². The molecule has 0 fully saturated rings. The molecular weight excluding hydrogens is 336 g/mol. The Morgan fingerprint density at radius 1 is 1.28 bits per heavy atom. The number of ether oxygens (including phenoxy) is 2. The summed E-state index contributed by atoms with van der Waals surface area (Å²) in [6, 6.07) is 7.70. The van der Waals surface area contributed by atoms with Crippen LogP contribution in [0.3, 0.4) is 0 Å². The van der Waals surface area contributed by atoms with Crippen molar-refractivity contribution in [3.8, 4) is 11.5 Å². The first-order chi connectivity index (χ1) is 12.1. The summed E-state index contributed by atoms with van der Waals surface area (Å²) in [6.45, 7) is 4.23. The molecule has 1 atom stereocenters. The molecule has 0 radical (unpaired) electrons. The Bertz CT molecular complexity index is 744. The van der Waals surface area contributed by atoms with Crippen LogP contribution in [0, 0.1) is 0 Å². The average molecular weight is 360 g/mol. The van der Waals surface area contributed by atoms with Crippen molar-refractivity contribution in [2.75, 3.05) is 20.8 Å². The molecule has 2 aromatic rings. The van der Waals surface area contributed by atoms with Gasteiger partial charge in [0, 0.05) is 24.5 Å². The third-order valence-electron chi connectivity index (χ3n) is 4.68. The van der Waals surface area contributed by atoms with E-state index in [0.29, 0.717) is 18.0 Å². The molecule has 0 saturated carbocycles. The summed E-state index contributed by atoms with van der Waals surface area (Å²) < 4.78 is 10.5. The molecule has 0 aliphatic carbocycles. The molecule has 0 saturated heterocycles. The maximum absolute atomic E-state index is 12.5. The molecule has 1 aliphatic rings. The Kier molecular flexibility index (Phi) is 5.60. The molecule has 134 valence electrons. The summed E-state index contributed by atoms with van der Waals surface area (Å²) in [4.78, 5) is 16.2. The zero-order chi connectivity index (χ0) is 17.8. The molecule has 1 aromatic heterocycles. The lowest BCUT2D eigenvalue weighted by atomic mass is 10.1. The minimum absolute atomic E-state index is 0.0495. The van der Waals surface area contributed by atoms with Gasteiger partial charge in [-0.3, -0.25) is 9.69 Å². The van der Waals surface area contributed by atoms with Crippen molar-refractivity contribution in [3.63, 3.8) is 0 Å². The van der Waals surface area contributed by atoms with Gasteiger partial charge in [0.15, 0.2) is 11.5 Å². The van der Waals surface area contributed by atoms with Crippen LogP contribution in [0.1, 0.15) is 22.9 Å². The van der Waals surface area contributed by atoms with E-state index < -0.39 is 0 Å². The number of nitrogens with zero attached hydrogens (tertiary/aromatic N) is 1. The molecule has 1 aromatic carbocycles. The predicted molar refractivity (Wildman–Crippen MR) is 99.3 cm³/mol. The van der Waals surface area contributed by atoms with Crippen molar-refractivity contribution < 1.29 is 14.3 Å². The fraction of sp³-hybridized carbons (Fsp3) is 0.421. The summed E-state index contributed by atoms with van der Waals surface area (Å²) in [5.74, 6) is 1.41.